The van der Waals surface area contributed by atoms with Gasteiger partial charge in [0.2, 0.25) is 0 Å². The van der Waals surface area contributed by atoms with Crippen molar-refractivity contribution in [1.82, 2.24) is 4.98 Å². The summed E-state index contributed by atoms with van der Waals surface area (Å²) in [5.74, 6) is 1.98. The highest BCUT2D eigenvalue weighted by Gasteiger charge is 2.16. The van der Waals surface area contributed by atoms with Crippen LogP contribution in [-0.4, -0.2) is 12.0 Å². The van der Waals surface area contributed by atoms with Crippen LogP contribution in [0.2, 0.25) is 0 Å². The summed E-state index contributed by atoms with van der Waals surface area (Å²) in [5, 5.41) is 2.94. The van der Waals surface area contributed by atoms with Gasteiger partial charge in [0.1, 0.15) is 5.76 Å². The van der Waals surface area contributed by atoms with Crippen LogP contribution in [0.4, 0.5) is 6.01 Å². The molecule has 0 bridgehead atoms. The smallest absolute Gasteiger partial charge is 0.294 e. The highest BCUT2D eigenvalue weighted by Crippen LogP contribution is 2.29. The van der Waals surface area contributed by atoms with Crippen molar-refractivity contribution in [3.63, 3.8) is 0 Å². The summed E-state index contributed by atoms with van der Waals surface area (Å²) >= 11 is 0. The molecule has 1 fully saturated rings. The van der Waals surface area contributed by atoms with E-state index in [1.807, 2.05) is 14.0 Å². The molecule has 0 saturated heterocycles. The third-order valence-corrected chi connectivity index (χ3v) is 3.36. The first kappa shape index (κ1) is 10.5. The molecule has 15 heavy (non-hydrogen) atoms. The Kier molecular flexibility index (Phi) is 3.29. The summed E-state index contributed by atoms with van der Waals surface area (Å²) in [6.07, 6.45) is 7.96. The van der Waals surface area contributed by atoms with Gasteiger partial charge in [-0.3, -0.25) is 0 Å². The molecule has 1 heterocycles. The molecule has 1 aromatic rings. The van der Waals surface area contributed by atoms with Crippen molar-refractivity contribution in [1.29, 1.82) is 0 Å². The number of nitrogens with zero attached hydrogens (tertiary/aromatic N) is 1. The molecule has 1 aliphatic rings. The lowest BCUT2D eigenvalue weighted by Gasteiger charge is -2.06. The maximum atomic E-state index is 5.60. The second kappa shape index (κ2) is 4.69. The highest BCUT2D eigenvalue weighted by molar-refractivity contribution is 5.23. The summed E-state index contributed by atoms with van der Waals surface area (Å²) < 4.78 is 5.60. The van der Waals surface area contributed by atoms with Crippen LogP contribution in [-0.2, 0) is 6.42 Å². The predicted octanol–water partition coefficient (Wildman–Crippen LogP) is 3.15. The van der Waals surface area contributed by atoms with Crippen molar-refractivity contribution in [3.05, 3.63) is 11.5 Å². The Hall–Kier alpha value is -0.990. The highest BCUT2D eigenvalue weighted by atomic mass is 16.4. The van der Waals surface area contributed by atoms with Gasteiger partial charge >= 0.3 is 0 Å². The van der Waals surface area contributed by atoms with E-state index in [0.717, 1.165) is 23.8 Å². The second-order valence-electron chi connectivity index (χ2n) is 4.47. The zero-order valence-corrected chi connectivity index (χ0v) is 9.68. The zero-order valence-electron chi connectivity index (χ0n) is 9.68. The van der Waals surface area contributed by atoms with Crippen molar-refractivity contribution in [3.8, 4) is 0 Å². The molecule has 3 heteroatoms. The first-order valence-electron chi connectivity index (χ1n) is 5.93. The standard InChI is InChI=1S/C12H20N2O/c1-9-11(15-12(13-2)14-9)8-7-10-5-3-4-6-10/h10H,3-8H2,1-2H3,(H,13,14). The van der Waals surface area contributed by atoms with E-state index in [9.17, 15) is 0 Å². The lowest BCUT2D eigenvalue weighted by atomic mass is 10.0. The SMILES string of the molecule is CNc1nc(C)c(CCC2CCCC2)o1. The van der Waals surface area contributed by atoms with Gasteiger partial charge in [0.25, 0.3) is 6.01 Å². The summed E-state index contributed by atoms with van der Waals surface area (Å²) in [4.78, 5) is 4.30. The van der Waals surface area contributed by atoms with Gasteiger partial charge in [0.15, 0.2) is 0 Å². The first-order chi connectivity index (χ1) is 7.29. The number of nitrogens with one attached hydrogen (secondary N) is 1. The minimum atomic E-state index is 0.647. The molecule has 3 nitrogen and oxygen atoms in total. The average molecular weight is 208 g/mol. The first-order valence-corrected chi connectivity index (χ1v) is 5.93. The van der Waals surface area contributed by atoms with Crippen LogP contribution >= 0.6 is 0 Å². The Labute approximate surface area is 91.3 Å². The molecule has 1 aliphatic carbocycles. The summed E-state index contributed by atoms with van der Waals surface area (Å²) in [6.45, 7) is 2.02. The maximum absolute atomic E-state index is 5.60. The Balaban J connectivity index is 1.89. The van der Waals surface area contributed by atoms with Gasteiger partial charge in [0, 0.05) is 13.5 Å². The monoisotopic (exact) mass is 208 g/mol. The molecule has 2 rings (SSSR count). The van der Waals surface area contributed by atoms with Crippen LogP contribution in [0.15, 0.2) is 4.42 Å². The van der Waals surface area contributed by atoms with E-state index in [-0.39, 0.29) is 0 Å². The third-order valence-electron chi connectivity index (χ3n) is 3.36. The average Bonchev–Trinajstić information content (AvgIpc) is 2.84. The topological polar surface area (TPSA) is 38.1 Å². The van der Waals surface area contributed by atoms with E-state index in [0.29, 0.717) is 6.01 Å². The number of aryl methyl sites for hydroxylation is 2. The van der Waals surface area contributed by atoms with Crippen LogP contribution in [0.3, 0.4) is 0 Å². The molecule has 0 unspecified atom stereocenters. The molecule has 1 aromatic heterocycles. The minimum Gasteiger partial charge on any atom is -0.429 e. The van der Waals surface area contributed by atoms with E-state index in [1.54, 1.807) is 0 Å². The van der Waals surface area contributed by atoms with Gasteiger partial charge < -0.3 is 9.73 Å². The van der Waals surface area contributed by atoms with E-state index in [1.165, 1.54) is 32.1 Å². The van der Waals surface area contributed by atoms with E-state index >= 15 is 0 Å². The molecule has 84 valence electrons. The third kappa shape index (κ3) is 2.52. The Morgan fingerprint density at radius 1 is 1.40 bits per heavy atom. The number of oxazole rings is 1. The van der Waals surface area contributed by atoms with Crippen LogP contribution in [0.25, 0.3) is 0 Å². The van der Waals surface area contributed by atoms with Crippen LogP contribution < -0.4 is 5.32 Å². The number of anilines is 1. The van der Waals surface area contributed by atoms with Crippen molar-refractivity contribution in [2.24, 2.45) is 5.92 Å². The summed E-state index contributed by atoms with van der Waals surface area (Å²) in [5.41, 5.74) is 1.04. The molecule has 0 aromatic carbocycles. The maximum Gasteiger partial charge on any atom is 0.294 e. The summed E-state index contributed by atoms with van der Waals surface area (Å²) in [6, 6.07) is 0.647. The van der Waals surface area contributed by atoms with Crippen LogP contribution in [0.1, 0.15) is 43.6 Å². The normalized spacial score (nSPS) is 17.2. The zero-order chi connectivity index (χ0) is 10.7. The van der Waals surface area contributed by atoms with E-state index in [4.69, 9.17) is 4.42 Å². The molecule has 1 saturated carbocycles. The van der Waals surface area contributed by atoms with Gasteiger partial charge in [-0.15, -0.1) is 0 Å². The van der Waals surface area contributed by atoms with Gasteiger partial charge in [-0.1, -0.05) is 25.7 Å². The van der Waals surface area contributed by atoms with Gasteiger partial charge in [0.05, 0.1) is 5.69 Å². The second-order valence-corrected chi connectivity index (χ2v) is 4.47. The molecule has 0 atom stereocenters. The Morgan fingerprint density at radius 2 is 2.13 bits per heavy atom. The van der Waals surface area contributed by atoms with E-state index < -0.39 is 0 Å². The molecule has 1 N–H and O–H groups in total. The molecule has 0 aliphatic heterocycles. The molecular formula is C12H20N2O. The van der Waals surface area contributed by atoms with Crippen LogP contribution in [0, 0.1) is 12.8 Å². The molecular weight excluding hydrogens is 188 g/mol. The van der Waals surface area contributed by atoms with Gasteiger partial charge in [-0.25, -0.2) is 0 Å². The Morgan fingerprint density at radius 3 is 2.73 bits per heavy atom. The van der Waals surface area contributed by atoms with E-state index in [2.05, 4.69) is 10.3 Å². The Bertz CT molecular complexity index is 313. The largest absolute Gasteiger partial charge is 0.429 e. The van der Waals surface area contributed by atoms with Crippen molar-refractivity contribution >= 4 is 6.01 Å². The summed E-state index contributed by atoms with van der Waals surface area (Å²) in [7, 11) is 1.84. The lowest BCUT2D eigenvalue weighted by Crippen LogP contribution is -1.96. The van der Waals surface area contributed by atoms with Crippen LogP contribution in [0.5, 0.6) is 0 Å². The van der Waals surface area contributed by atoms with Crippen molar-refractivity contribution in [2.45, 2.75) is 45.4 Å². The number of hydrogen-bond donors (Lipinski definition) is 1. The van der Waals surface area contributed by atoms with Gasteiger partial charge in [-0.2, -0.15) is 4.98 Å². The number of aromatic nitrogens is 1. The minimum absolute atomic E-state index is 0.647. The lowest BCUT2D eigenvalue weighted by molar-refractivity contribution is 0.451. The number of hydrogen-bond acceptors (Lipinski definition) is 3. The fourth-order valence-electron chi connectivity index (χ4n) is 2.40. The fourth-order valence-corrected chi connectivity index (χ4v) is 2.40. The molecule has 0 amide bonds. The predicted molar refractivity (Wildman–Crippen MR) is 61.1 cm³/mol. The fraction of sp³-hybridized carbons (Fsp3) is 0.750. The number of rotatable bonds is 4. The quantitative estimate of drug-likeness (QED) is 0.826. The molecule has 0 spiro atoms. The molecule has 0 radical (unpaired) electrons. The van der Waals surface area contributed by atoms with Gasteiger partial charge in [-0.05, 0) is 19.3 Å². The van der Waals surface area contributed by atoms with Crippen molar-refractivity contribution < 1.29 is 4.42 Å². The van der Waals surface area contributed by atoms with Crippen molar-refractivity contribution in [2.75, 3.05) is 12.4 Å².